The Morgan fingerprint density at radius 2 is 1.54 bits per heavy atom. The van der Waals surface area contributed by atoms with E-state index in [1.807, 2.05) is 57.2 Å². The van der Waals surface area contributed by atoms with E-state index in [1.165, 1.54) is 0 Å². The maximum atomic E-state index is 13.1. The van der Waals surface area contributed by atoms with Crippen molar-refractivity contribution >= 4 is 23.4 Å². The third-order valence-corrected chi connectivity index (χ3v) is 4.85. The van der Waals surface area contributed by atoms with Crippen molar-refractivity contribution in [2.45, 2.75) is 46.7 Å². The molecule has 1 atom stereocenters. The largest absolute Gasteiger partial charge is 0.354 e. The molecule has 0 heterocycles. The van der Waals surface area contributed by atoms with Crippen LogP contribution in [-0.2, 0) is 22.6 Å². The zero-order chi connectivity index (χ0) is 20.7. The van der Waals surface area contributed by atoms with Crippen molar-refractivity contribution in [2.24, 2.45) is 5.92 Å². The summed E-state index contributed by atoms with van der Waals surface area (Å²) in [6.07, 6.45) is 0.260. The Hall–Kier alpha value is -2.33. The number of hydrogen-bond donors (Lipinski definition) is 1. The first-order valence-corrected chi connectivity index (χ1v) is 10.0. The predicted octanol–water partition coefficient (Wildman–Crippen LogP) is 4.38. The van der Waals surface area contributed by atoms with Crippen LogP contribution >= 0.6 is 11.6 Å². The molecule has 0 fully saturated rings. The molecule has 2 aromatic carbocycles. The lowest BCUT2D eigenvalue weighted by molar-refractivity contribution is -0.140. The zero-order valence-electron chi connectivity index (χ0n) is 17.0. The van der Waals surface area contributed by atoms with Gasteiger partial charge in [-0.15, -0.1) is 0 Å². The van der Waals surface area contributed by atoms with Crippen molar-refractivity contribution in [2.75, 3.05) is 6.54 Å². The van der Waals surface area contributed by atoms with E-state index in [4.69, 9.17) is 11.6 Å². The summed E-state index contributed by atoms with van der Waals surface area (Å²) in [5, 5.41) is 3.57. The molecule has 0 aliphatic heterocycles. The van der Waals surface area contributed by atoms with E-state index in [2.05, 4.69) is 5.32 Å². The first-order chi connectivity index (χ1) is 13.3. The maximum Gasteiger partial charge on any atom is 0.242 e. The van der Waals surface area contributed by atoms with Crippen molar-refractivity contribution in [3.05, 3.63) is 70.2 Å². The van der Waals surface area contributed by atoms with Gasteiger partial charge in [-0.25, -0.2) is 0 Å². The summed E-state index contributed by atoms with van der Waals surface area (Å²) in [5.74, 6) is 0.134. The Bertz CT molecular complexity index is 785. The highest BCUT2D eigenvalue weighted by molar-refractivity contribution is 6.30. The first-order valence-electron chi connectivity index (χ1n) is 9.63. The minimum absolute atomic E-state index is 0.0778. The summed E-state index contributed by atoms with van der Waals surface area (Å²) in [6.45, 7) is 8.82. The number of rotatable bonds is 8. The Labute approximate surface area is 172 Å². The van der Waals surface area contributed by atoms with E-state index < -0.39 is 6.04 Å². The van der Waals surface area contributed by atoms with Gasteiger partial charge < -0.3 is 10.2 Å². The minimum atomic E-state index is -0.563. The van der Waals surface area contributed by atoms with Gasteiger partial charge in [-0.1, -0.05) is 67.4 Å². The molecule has 2 amide bonds. The maximum absolute atomic E-state index is 13.1. The summed E-state index contributed by atoms with van der Waals surface area (Å²) in [5.41, 5.74) is 3.02. The summed E-state index contributed by atoms with van der Waals surface area (Å²) >= 11 is 5.97. The summed E-state index contributed by atoms with van der Waals surface area (Å²) < 4.78 is 0. The molecule has 28 heavy (non-hydrogen) atoms. The molecule has 0 unspecified atom stereocenters. The molecule has 4 nitrogen and oxygen atoms in total. The highest BCUT2D eigenvalue weighted by atomic mass is 35.5. The van der Waals surface area contributed by atoms with Crippen LogP contribution in [0.5, 0.6) is 0 Å². The Kier molecular flexibility index (Phi) is 8.06. The Morgan fingerprint density at radius 3 is 2.11 bits per heavy atom. The number of hydrogen-bond acceptors (Lipinski definition) is 2. The molecule has 0 saturated heterocycles. The Morgan fingerprint density at radius 1 is 0.964 bits per heavy atom. The van der Waals surface area contributed by atoms with Crippen molar-refractivity contribution in [1.82, 2.24) is 10.2 Å². The number of nitrogens with zero attached hydrogens (tertiary/aromatic N) is 1. The van der Waals surface area contributed by atoms with Crippen LogP contribution in [-0.4, -0.2) is 29.3 Å². The van der Waals surface area contributed by atoms with Crippen LogP contribution < -0.4 is 5.32 Å². The molecule has 0 aromatic heterocycles. The van der Waals surface area contributed by atoms with Gasteiger partial charge in [0, 0.05) is 18.1 Å². The van der Waals surface area contributed by atoms with E-state index in [9.17, 15) is 9.59 Å². The molecule has 1 N–H and O–H groups in total. The number of aryl methyl sites for hydroxylation is 1. The lowest BCUT2D eigenvalue weighted by Gasteiger charge is -2.29. The van der Waals surface area contributed by atoms with Gasteiger partial charge in [-0.05, 0) is 43.0 Å². The molecular weight excluding hydrogens is 372 g/mol. The number of carbonyl (C=O) groups is 2. The minimum Gasteiger partial charge on any atom is -0.354 e. The smallest absolute Gasteiger partial charge is 0.242 e. The molecule has 150 valence electrons. The number of nitrogens with one attached hydrogen (secondary N) is 1. The molecule has 0 radical (unpaired) electrons. The van der Waals surface area contributed by atoms with Gasteiger partial charge in [0.15, 0.2) is 0 Å². The predicted molar refractivity (Wildman–Crippen MR) is 114 cm³/mol. The quantitative estimate of drug-likeness (QED) is 0.714. The fourth-order valence-electron chi connectivity index (χ4n) is 2.80. The average Bonchev–Trinajstić information content (AvgIpc) is 2.66. The van der Waals surface area contributed by atoms with Crippen LogP contribution in [0.4, 0.5) is 0 Å². The van der Waals surface area contributed by atoms with Gasteiger partial charge in [0.05, 0.1) is 6.42 Å². The lowest BCUT2D eigenvalue weighted by atomic mass is 10.1. The van der Waals surface area contributed by atoms with Crippen molar-refractivity contribution in [1.29, 1.82) is 0 Å². The summed E-state index contributed by atoms with van der Waals surface area (Å²) in [6, 6.07) is 14.7. The lowest BCUT2D eigenvalue weighted by Crippen LogP contribution is -2.48. The topological polar surface area (TPSA) is 49.4 Å². The van der Waals surface area contributed by atoms with Gasteiger partial charge in [0.25, 0.3) is 0 Å². The number of benzene rings is 2. The molecule has 2 aromatic rings. The standard InChI is InChI=1S/C23H29ClN2O2/c1-16(2)14-25-23(28)18(4)26(15-20-9-11-21(24)12-10-20)22(27)13-19-7-5-17(3)6-8-19/h5-12,16,18H,13-15H2,1-4H3,(H,25,28)/t18-/m0/s1. The van der Waals surface area contributed by atoms with Crippen LogP contribution in [0.15, 0.2) is 48.5 Å². The number of amides is 2. The van der Waals surface area contributed by atoms with Crippen LogP contribution in [0, 0.1) is 12.8 Å². The second-order valence-electron chi connectivity index (χ2n) is 7.63. The first kappa shape index (κ1) is 22.0. The average molecular weight is 401 g/mol. The van der Waals surface area contributed by atoms with Gasteiger partial charge in [-0.2, -0.15) is 0 Å². The van der Waals surface area contributed by atoms with Gasteiger partial charge in [0.1, 0.15) is 6.04 Å². The van der Waals surface area contributed by atoms with Crippen LogP contribution in [0.2, 0.25) is 5.02 Å². The number of halogens is 1. The van der Waals surface area contributed by atoms with Crippen molar-refractivity contribution in [3.63, 3.8) is 0 Å². The highest BCUT2D eigenvalue weighted by Crippen LogP contribution is 2.15. The molecule has 0 aliphatic carbocycles. The van der Waals surface area contributed by atoms with Gasteiger partial charge in [0.2, 0.25) is 11.8 Å². The van der Waals surface area contributed by atoms with E-state index in [0.29, 0.717) is 24.0 Å². The zero-order valence-corrected chi connectivity index (χ0v) is 17.8. The fourth-order valence-corrected chi connectivity index (χ4v) is 2.93. The van der Waals surface area contributed by atoms with E-state index in [0.717, 1.165) is 16.7 Å². The highest BCUT2D eigenvalue weighted by Gasteiger charge is 2.26. The third kappa shape index (κ3) is 6.68. The van der Waals surface area contributed by atoms with Crippen LogP contribution in [0.25, 0.3) is 0 Å². The SMILES string of the molecule is Cc1ccc(CC(=O)N(Cc2ccc(Cl)cc2)[C@@H](C)C(=O)NCC(C)C)cc1. The number of carbonyl (C=O) groups excluding carboxylic acids is 2. The van der Waals surface area contributed by atoms with Crippen molar-refractivity contribution in [3.8, 4) is 0 Å². The van der Waals surface area contributed by atoms with Crippen LogP contribution in [0.3, 0.4) is 0 Å². The third-order valence-electron chi connectivity index (χ3n) is 4.59. The van der Waals surface area contributed by atoms with E-state index >= 15 is 0 Å². The van der Waals surface area contributed by atoms with E-state index in [-0.39, 0.29) is 18.2 Å². The normalized spacial score (nSPS) is 11.9. The van der Waals surface area contributed by atoms with E-state index in [1.54, 1.807) is 24.0 Å². The molecular formula is C23H29ClN2O2. The Balaban J connectivity index is 2.18. The molecule has 2 rings (SSSR count). The second-order valence-corrected chi connectivity index (χ2v) is 8.06. The monoisotopic (exact) mass is 400 g/mol. The molecule has 0 saturated carbocycles. The van der Waals surface area contributed by atoms with Crippen LogP contribution in [0.1, 0.15) is 37.5 Å². The fraction of sp³-hybridized carbons (Fsp3) is 0.391. The molecule has 5 heteroatoms. The molecule has 0 bridgehead atoms. The molecule has 0 aliphatic rings. The molecule has 0 spiro atoms. The summed E-state index contributed by atoms with van der Waals surface area (Å²) in [4.78, 5) is 27.3. The second kappa shape index (κ2) is 10.3. The van der Waals surface area contributed by atoms with Gasteiger partial charge in [-0.3, -0.25) is 9.59 Å². The summed E-state index contributed by atoms with van der Waals surface area (Å²) in [7, 11) is 0. The van der Waals surface area contributed by atoms with Gasteiger partial charge >= 0.3 is 0 Å². The van der Waals surface area contributed by atoms with Crippen molar-refractivity contribution < 1.29 is 9.59 Å².